The predicted molar refractivity (Wildman–Crippen MR) is 89.4 cm³/mol. The van der Waals surface area contributed by atoms with E-state index in [4.69, 9.17) is 9.47 Å². The topological polar surface area (TPSA) is 47.9 Å². The van der Waals surface area contributed by atoms with Crippen LogP contribution in [0.1, 0.15) is 23.6 Å². The van der Waals surface area contributed by atoms with Gasteiger partial charge in [-0.1, -0.05) is 29.8 Å². The Labute approximate surface area is 135 Å². The lowest BCUT2D eigenvalue weighted by molar-refractivity contribution is -0.129. The second-order valence-corrected chi connectivity index (χ2v) is 5.20. The van der Waals surface area contributed by atoms with E-state index in [0.717, 1.165) is 22.4 Å². The van der Waals surface area contributed by atoms with Crippen molar-refractivity contribution in [1.29, 1.82) is 0 Å². The number of hydrogen-bond acceptors (Lipinski definition) is 4. The standard InChI is InChI=1S/C19H17NO3/c1-3-22-16-10-6-14(7-11-16)12-17-19(21)23-18(20-17)15-8-4-13(2)5-9-15/h4-12H,3H2,1-2H3/b17-12+. The van der Waals surface area contributed by atoms with Crippen molar-refractivity contribution in [3.8, 4) is 5.75 Å². The molecule has 0 saturated carbocycles. The summed E-state index contributed by atoms with van der Waals surface area (Å²) in [5.74, 6) is 0.703. The first-order valence-corrected chi connectivity index (χ1v) is 7.48. The molecule has 0 unspecified atom stereocenters. The Morgan fingerprint density at radius 1 is 1.09 bits per heavy atom. The highest BCUT2D eigenvalue weighted by Crippen LogP contribution is 2.20. The molecule has 23 heavy (non-hydrogen) atoms. The largest absolute Gasteiger partial charge is 0.494 e. The van der Waals surface area contributed by atoms with Gasteiger partial charge < -0.3 is 9.47 Å². The third-order valence-electron chi connectivity index (χ3n) is 3.41. The van der Waals surface area contributed by atoms with E-state index in [-0.39, 0.29) is 0 Å². The summed E-state index contributed by atoms with van der Waals surface area (Å²) in [5.41, 5.74) is 3.10. The number of carbonyl (C=O) groups is 1. The maximum absolute atomic E-state index is 12.0. The summed E-state index contributed by atoms with van der Waals surface area (Å²) in [6.45, 7) is 4.56. The van der Waals surface area contributed by atoms with Gasteiger partial charge in [0.1, 0.15) is 5.75 Å². The zero-order valence-corrected chi connectivity index (χ0v) is 13.1. The molecule has 2 aromatic rings. The van der Waals surface area contributed by atoms with Crippen LogP contribution in [0.5, 0.6) is 5.75 Å². The van der Waals surface area contributed by atoms with Crippen LogP contribution in [-0.2, 0) is 9.53 Å². The molecule has 0 amide bonds. The Balaban J connectivity index is 1.84. The van der Waals surface area contributed by atoms with Gasteiger partial charge in [0.25, 0.3) is 0 Å². The van der Waals surface area contributed by atoms with Crippen LogP contribution in [0.3, 0.4) is 0 Å². The Hall–Kier alpha value is -2.88. The van der Waals surface area contributed by atoms with Gasteiger partial charge in [0.15, 0.2) is 5.70 Å². The second-order valence-electron chi connectivity index (χ2n) is 5.20. The van der Waals surface area contributed by atoms with Gasteiger partial charge in [0, 0.05) is 5.56 Å². The van der Waals surface area contributed by atoms with Gasteiger partial charge in [-0.3, -0.25) is 0 Å². The Morgan fingerprint density at radius 3 is 2.43 bits per heavy atom. The van der Waals surface area contributed by atoms with Crippen LogP contribution in [0.4, 0.5) is 0 Å². The molecule has 0 fully saturated rings. The zero-order chi connectivity index (χ0) is 16.2. The lowest BCUT2D eigenvalue weighted by Crippen LogP contribution is -2.05. The molecule has 0 bridgehead atoms. The van der Waals surface area contributed by atoms with Crippen molar-refractivity contribution in [2.45, 2.75) is 13.8 Å². The summed E-state index contributed by atoms with van der Waals surface area (Å²) in [5, 5.41) is 0. The number of rotatable bonds is 4. The summed E-state index contributed by atoms with van der Waals surface area (Å²) in [4.78, 5) is 16.3. The molecule has 1 heterocycles. The first kappa shape index (κ1) is 15.0. The molecule has 0 aliphatic carbocycles. The fraction of sp³-hybridized carbons (Fsp3) is 0.158. The van der Waals surface area contributed by atoms with Crippen molar-refractivity contribution in [1.82, 2.24) is 0 Å². The van der Waals surface area contributed by atoms with Crippen LogP contribution < -0.4 is 4.74 Å². The van der Waals surface area contributed by atoms with Gasteiger partial charge in [-0.15, -0.1) is 0 Å². The number of esters is 1. The van der Waals surface area contributed by atoms with Gasteiger partial charge in [-0.25, -0.2) is 9.79 Å². The van der Waals surface area contributed by atoms with Crippen LogP contribution in [0.2, 0.25) is 0 Å². The summed E-state index contributed by atoms with van der Waals surface area (Å²) in [6, 6.07) is 15.2. The zero-order valence-electron chi connectivity index (χ0n) is 13.1. The number of nitrogens with zero attached hydrogens (tertiary/aromatic N) is 1. The Kier molecular flexibility index (Phi) is 4.24. The van der Waals surface area contributed by atoms with E-state index >= 15 is 0 Å². The number of aliphatic imine (C=N–C) groups is 1. The van der Waals surface area contributed by atoms with E-state index < -0.39 is 5.97 Å². The minimum Gasteiger partial charge on any atom is -0.494 e. The molecule has 1 aliphatic heterocycles. The summed E-state index contributed by atoms with van der Waals surface area (Å²) in [7, 11) is 0. The normalized spacial score (nSPS) is 15.5. The van der Waals surface area contributed by atoms with Crippen molar-refractivity contribution in [2.24, 2.45) is 4.99 Å². The molecule has 116 valence electrons. The number of cyclic esters (lactones) is 1. The molecule has 4 nitrogen and oxygen atoms in total. The quantitative estimate of drug-likeness (QED) is 0.638. The average molecular weight is 307 g/mol. The molecule has 2 aromatic carbocycles. The lowest BCUT2D eigenvalue weighted by atomic mass is 10.1. The van der Waals surface area contributed by atoms with Crippen LogP contribution in [0, 0.1) is 6.92 Å². The maximum Gasteiger partial charge on any atom is 0.363 e. The van der Waals surface area contributed by atoms with Crippen LogP contribution >= 0.6 is 0 Å². The third-order valence-corrected chi connectivity index (χ3v) is 3.41. The number of hydrogen-bond donors (Lipinski definition) is 0. The van der Waals surface area contributed by atoms with E-state index in [1.54, 1.807) is 6.08 Å². The van der Waals surface area contributed by atoms with Crippen molar-refractivity contribution in [3.05, 3.63) is 70.9 Å². The second kappa shape index (κ2) is 6.48. The molecule has 0 N–H and O–H groups in total. The Bertz CT molecular complexity index is 771. The fourth-order valence-electron chi connectivity index (χ4n) is 2.21. The fourth-order valence-corrected chi connectivity index (χ4v) is 2.21. The van der Waals surface area contributed by atoms with Gasteiger partial charge in [0.05, 0.1) is 6.61 Å². The van der Waals surface area contributed by atoms with Crippen LogP contribution in [0.25, 0.3) is 6.08 Å². The van der Waals surface area contributed by atoms with E-state index in [1.807, 2.05) is 62.4 Å². The smallest absolute Gasteiger partial charge is 0.363 e. The van der Waals surface area contributed by atoms with Crippen LogP contribution in [0.15, 0.2) is 59.2 Å². The molecule has 0 spiro atoms. The number of aryl methyl sites for hydroxylation is 1. The minimum absolute atomic E-state index is 0.296. The van der Waals surface area contributed by atoms with Crippen molar-refractivity contribution < 1.29 is 14.3 Å². The van der Waals surface area contributed by atoms with E-state index in [2.05, 4.69) is 4.99 Å². The maximum atomic E-state index is 12.0. The summed E-state index contributed by atoms with van der Waals surface area (Å²) >= 11 is 0. The molecule has 4 heteroatoms. The molecule has 1 aliphatic rings. The van der Waals surface area contributed by atoms with Crippen molar-refractivity contribution >= 4 is 17.9 Å². The minimum atomic E-state index is -0.436. The van der Waals surface area contributed by atoms with Crippen LogP contribution in [-0.4, -0.2) is 18.5 Å². The summed E-state index contributed by atoms with van der Waals surface area (Å²) in [6.07, 6.45) is 1.71. The summed E-state index contributed by atoms with van der Waals surface area (Å²) < 4.78 is 10.6. The predicted octanol–water partition coefficient (Wildman–Crippen LogP) is 3.74. The molecule has 0 radical (unpaired) electrons. The molecule has 0 aromatic heterocycles. The number of carbonyl (C=O) groups excluding carboxylic acids is 1. The molecule has 0 saturated heterocycles. The Morgan fingerprint density at radius 2 is 1.78 bits per heavy atom. The molecule has 3 rings (SSSR count). The first-order chi connectivity index (χ1) is 11.2. The molecule has 0 atom stereocenters. The highest BCUT2D eigenvalue weighted by Gasteiger charge is 2.23. The lowest BCUT2D eigenvalue weighted by Gasteiger charge is -2.02. The third kappa shape index (κ3) is 3.48. The van der Waals surface area contributed by atoms with E-state index in [9.17, 15) is 4.79 Å². The van der Waals surface area contributed by atoms with E-state index in [1.165, 1.54) is 0 Å². The first-order valence-electron chi connectivity index (χ1n) is 7.48. The highest BCUT2D eigenvalue weighted by molar-refractivity contribution is 6.12. The molecular formula is C19H17NO3. The number of benzene rings is 2. The van der Waals surface area contributed by atoms with Crippen molar-refractivity contribution in [3.63, 3.8) is 0 Å². The van der Waals surface area contributed by atoms with Gasteiger partial charge in [-0.05, 0) is 49.8 Å². The molecular weight excluding hydrogens is 290 g/mol. The monoisotopic (exact) mass is 307 g/mol. The van der Waals surface area contributed by atoms with Gasteiger partial charge >= 0.3 is 5.97 Å². The van der Waals surface area contributed by atoms with E-state index in [0.29, 0.717) is 18.2 Å². The van der Waals surface area contributed by atoms with Crippen molar-refractivity contribution in [2.75, 3.05) is 6.61 Å². The van der Waals surface area contributed by atoms with Gasteiger partial charge in [-0.2, -0.15) is 0 Å². The highest BCUT2D eigenvalue weighted by atomic mass is 16.6. The SMILES string of the molecule is CCOc1ccc(/C=C2/N=C(c3ccc(C)cc3)OC2=O)cc1. The number of ether oxygens (including phenoxy) is 2. The van der Waals surface area contributed by atoms with Gasteiger partial charge in [0.2, 0.25) is 5.90 Å². The average Bonchev–Trinajstić information content (AvgIpc) is 2.91.